The molecule has 3 aromatic rings. The molecule has 0 bridgehead atoms. The summed E-state index contributed by atoms with van der Waals surface area (Å²) in [6.07, 6.45) is 1.70. The standard InChI is InChI=1S/C16H18N6OS2/c1-9(2)22-8-18-21-16(22)25-11-4-5-13(17)12(6-11)14(23)20-15-19-10(3)7-24-15/h4-9H,17H2,1-3H3,(H,19,20,23). The molecule has 0 saturated carbocycles. The number of nitrogens with two attached hydrogens (primary N) is 1. The van der Waals surface area contributed by atoms with Crippen LogP contribution in [0.25, 0.3) is 0 Å². The van der Waals surface area contributed by atoms with Gasteiger partial charge in [0.25, 0.3) is 5.91 Å². The summed E-state index contributed by atoms with van der Waals surface area (Å²) in [6.45, 7) is 6.00. The minimum absolute atomic E-state index is 0.252. The van der Waals surface area contributed by atoms with E-state index in [1.807, 2.05) is 22.9 Å². The molecule has 1 aromatic carbocycles. The van der Waals surface area contributed by atoms with E-state index in [1.54, 1.807) is 18.5 Å². The number of benzene rings is 1. The van der Waals surface area contributed by atoms with E-state index in [-0.39, 0.29) is 11.9 Å². The monoisotopic (exact) mass is 374 g/mol. The predicted molar refractivity (Wildman–Crippen MR) is 100 cm³/mol. The second-order valence-corrected chi connectivity index (χ2v) is 7.61. The quantitative estimate of drug-likeness (QED) is 0.662. The van der Waals surface area contributed by atoms with Crippen LogP contribution in [0.4, 0.5) is 10.8 Å². The number of rotatable bonds is 5. The second-order valence-electron chi connectivity index (χ2n) is 5.71. The lowest BCUT2D eigenvalue weighted by Crippen LogP contribution is -2.14. The van der Waals surface area contributed by atoms with Crippen LogP contribution in [0.1, 0.15) is 35.9 Å². The zero-order valence-corrected chi connectivity index (χ0v) is 15.7. The van der Waals surface area contributed by atoms with E-state index in [4.69, 9.17) is 5.73 Å². The van der Waals surface area contributed by atoms with Gasteiger partial charge in [0, 0.05) is 22.0 Å². The minimum Gasteiger partial charge on any atom is -0.398 e. The Labute approximate surface area is 153 Å². The molecule has 0 unspecified atom stereocenters. The maximum Gasteiger partial charge on any atom is 0.259 e. The van der Waals surface area contributed by atoms with Gasteiger partial charge in [-0.25, -0.2) is 4.98 Å². The van der Waals surface area contributed by atoms with E-state index >= 15 is 0 Å². The molecule has 2 heterocycles. The Bertz CT molecular complexity index is 902. The largest absolute Gasteiger partial charge is 0.398 e. The number of nitrogens with zero attached hydrogens (tertiary/aromatic N) is 4. The van der Waals surface area contributed by atoms with E-state index in [0.29, 0.717) is 16.4 Å². The molecule has 130 valence electrons. The van der Waals surface area contributed by atoms with E-state index in [9.17, 15) is 4.79 Å². The Morgan fingerprint density at radius 1 is 1.40 bits per heavy atom. The number of hydrogen-bond donors (Lipinski definition) is 2. The van der Waals surface area contributed by atoms with Gasteiger partial charge in [-0.05, 0) is 50.7 Å². The normalized spacial score (nSPS) is 11.0. The van der Waals surface area contributed by atoms with Crippen molar-refractivity contribution in [1.82, 2.24) is 19.7 Å². The molecule has 3 N–H and O–H groups in total. The molecule has 2 aromatic heterocycles. The van der Waals surface area contributed by atoms with Crippen molar-refractivity contribution in [3.63, 3.8) is 0 Å². The zero-order valence-electron chi connectivity index (χ0n) is 14.1. The lowest BCUT2D eigenvalue weighted by Gasteiger charge is -2.11. The molecular weight excluding hydrogens is 356 g/mol. The summed E-state index contributed by atoms with van der Waals surface area (Å²) in [6, 6.07) is 5.60. The maximum atomic E-state index is 12.5. The van der Waals surface area contributed by atoms with Crippen LogP contribution in [0.3, 0.4) is 0 Å². The highest BCUT2D eigenvalue weighted by Gasteiger charge is 2.15. The molecule has 25 heavy (non-hydrogen) atoms. The third-order valence-electron chi connectivity index (χ3n) is 3.41. The molecule has 0 radical (unpaired) electrons. The van der Waals surface area contributed by atoms with E-state index in [2.05, 4.69) is 34.3 Å². The summed E-state index contributed by atoms with van der Waals surface area (Å²) < 4.78 is 1.97. The van der Waals surface area contributed by atoms with Crippen LogP contribution in [0.2, 0.25) is 0 Å². The van der Waals surface area contributed by atoms with Crippen LogP contribution >= 0.6 is 23.1 Å². The SMILES string of the molecule is Cc1csc(NC(=O)c2cc(Sc3nncn3C(C)C)ccc2N)n1. The second kappa shape index (κ2) is 7.24. The number of hydrogen-bond acceptors (Lipinski definition) is 7. The van der Waals surface area contributed by atoms with Crippen LogP contribution in [0.5, 0.6) is 0 Å². The molecule has 0 atom stereocenters. The summed E-state index contributed by atoms with van der Waals surface area (Å²) in [7, 11) is 0. The molecule has 0 aliphatic heterocycles. The van der Waals surface area contributed by atoms with Crippen molar-refractivity contribution in [1.29, 1.82) is 0 Å². The average molecular weight is 374 g/mol. The summed E-state index contributed by atoms with van der Waals surface area (Å²) >= 11 is 2.82. The summed E-state index contributed by atoms with van der Waals surface area (Å²) in [5.41, 5.74) is 7.67. The van der Waals surface area contributed by atoms with Crippen molar-refractivity contribution < 1.29 is 4.79 Å². The Balaban J connectivity index is 1.82. The number of nitrogens with one attached hydrogen (secondary N) is 1. The van der Waals surface area contributed by atoms with Crippen molar-refractivity contribution in [2.75, 3.05) is 11.1 Å². The topological polar surface area (TPSA) is 98.7 Å². The summed E-state index contributed by atoms with van der Waals surface area (Å²) in [4.78, 5) is 17.6. The first-order chi connectivity index (χ1) is 11.9. The molecule has 0 aliphatic rings. The molecule has 0 fully saturated rings. The molecule has 1 amide bonds. The Kier molecular flexibility index (Phi) is 5.05. The number of carbonyl (C=O) groups excluding carboxylic acids is 1. The van der Waals surface area contributed by atoms with E-state index in [0.717, 1.165) is 15.7 Å². The first kappa shape index (κ1) is 17.4. The highest BCUT2D eigenvalue weighted by molar-refractivity contribution is 7.99. The number of amides is 1. The first-order valence-electron chi connectivity index (χ1n) is 7.64. The van der Waals surface area contributed by atoms with E-state index in [1.165, 1.54) is 23.1 Å². The van der Waals surface area contributed by atoms with Crippen molar-refractivity contribution >= 4 is 39.8 Å². The molecule has 9 heteroatoms. The highest BCUT2D eigenvalue weighted by Crippen LogP contribution is 2.30. The van der Waals surface area contributed by atoms with Crippen molar-refractivity contribution in [2.45, 2.75) is 36.9 Å². The van der Waals surface area contributed by atoms with Gasteiger partial charge in [0.2, 0.25) is 0 Å². The first-order valence-corrected chi connectivity index (χ1v) is 9.34. The van der Waals surface area contributed by atoms with Crippen LogP contribution in [-0.4, -0.2) is 25.7 Å². The smallest absolute Gasteiger partial charge is 0.259 e. The average Bonchev–Trinajstić information content (AvgIpc) is 3.18. The van der Waals surface area contributed by atoms with Gasteiger partial charge in [-0.1, -0.05) is 0 Å². The van der Waals surface area contributed by atoms with E-state index < -0.39 is 0 Å². The van der Waals surface area contributed by atoms with Gasteiger partial charge in [0.05, 0.1) is 11.3 Å². The molecular formula is C16H18N6OS2. The van der Waals surface area contributed by atoms with Gasteiger partial charge in [-0.15, -0.1) is 21.5 Å². The van der Waals surface area contributed by atoms with Gasteiger partial charge in [0.15, 0.2) is 10.3 Å². The molecule has 3 rings (SSSR count). The Hall–Kier alpha value is -2.39. The van der Waals surface area contributed by atoms with Crippen LogP contribution in [0, 0.1) is 6.92 Å². The fourth-order valence-corrected chi connectivity index (χ4v) is 3.79. The third-order valence-corrected chi connectivity index (χ3v) is 5.25. The third kappa shape index (κ3) is 3.99. The Morgan fingerprint density at radius 3 is 2.88 bits per heavy atom. The predicted octanol–water partition coefficient (Wildman–Crippen LogP) is 3.61. The van der Waals surface area contributed by atoms with Crippen LogP contribution < -0.4 is 11.1 Å². The van der Waals surface area contributed by atoms with Gasteiger partial charge < -0.3 is 10.3 Å². The number of nitrogen functional groups attached to an aromatic ring is 1. The van der Waals surface area contributed by atoms with Gasteiger partial charge in [-0.2, -0.15) is 0 Å². The minimum atomic E-state index is -0.278. The lowest BCUT2D eigenvalue weighted by molar-refractivity contribution is 0.102. The summed E-state index contributed by atoms with van der Waals surface area (Å²) in [5, 5.41) is 14.1. The molecule has 0 saturated heterocycles. The van der Waals surface area contributed by atoms with Gasteiger partial charge in [0.1, 0.15) is 6.33 Å². The van der Waals surface area contributed by atoms with Gasteiger partial charge in [-0.3, -0.25) is 10.1 Å². The Morgan fingerprint density at radius 2 is 2.20 bits per heavy atom. The number of thiazole rings is 1. The van der Waals surface area contributed by atoms with Crippen LogP contribution in [0.15, 0.2) is 40.0 Å². The number of anilines is 2. The van der Waals surface area contributed by atoms with Crippen LogP contribution in [-0.2, 0) is 0 Å². The maximum absolute atomic E-state index is 12.5. The number of carbonyl (C=O) groups is 1. The number of aromatic nitrogens is 4. The lowest BCUT2D eigenvalue weighted by atomic mass is 10.1. The van der Waals surface area contributed by atoms with Crippen molar-refractivity contribution in [3.05, 3.63) is 41.2 Å². The molecule has 0 spiro atoms. The van der Waals surface area contributed by atoms with Crippen molar-refractivity contribution in [2.24, 2.45) is 0 Å². The summed E-state index contributed by atoms with van der Waals surface area (Å²) in [5.74, 6) is -0.278. The molecule has 7 nitrogen and oxygen atoms in total. The highest BCUT2D eigenvalue weighted by atomic mass is 32.2. The fourth-order valence-electron chi connectivity index (χ4n) is 2.14. The number of aryl methyl sites for hydroxylation is 1. The fraction of sp³-hybridized carbons (Fsp3) is 0.250. The zero-order chi connectivity index (χ0) is 18.0. The van der Waals surface area contributed by atoms with Gasteiger partial charge >= 0.3 is 0 Å². The van der Waals surface area contributed by atoms with Crippen molar-refractivity contribution in [3.8, 4) is 0 Å². The molecule has 0 aliphatic carbocycles.